The van der Waals surface area contributed by atoms with Crippen molar-refractivity contribution in [2.24, 2.45) is 65.1 Å². The molecule has 0 aromatic carbocycles. The molecular weight excluding hydrogens is 456 g/mol. The average molecular weight is 533 g/mol. The molecule has 1 saturated carbocycles. The lowest BCUT2D eigenvalue weighted by molar-refractivity contribution is 0.0432. The fraction of sp³-hybridized carbons (Fsp3) is 1.00. The van der Waals surface area contributed by atoms with Gasteiger partial charge in [0.1, 0.15) is 0 Å². The minimum Gasteiger partial charge on any atom is -0.0654 e. The smallest absolute Gasteiger partial charge is 0.0360 e. The van der Waals surface area contributed by atoms with Gasteiger partial charge in [-0.25, -0.2) is 0 Å². The Kier molecular flexibility index (Phi) is 18.9. The van der Waals surface area contributed by atoms with Crippen molar-refractivity contribution < 1.29 is 0 Å². The Hall–Kier alpha value is 0. The Bertz CT molecular complexity index is 548. The first-order valence-electron chi connectivity index (χ1n) is 18.1. The summed E-state index contributed by atoms with van der Waals surface area (Å²) in [5.41, 5.74) is 0. The number of rotatable bonds is 23. The molecule has 0 spiro atoms. The van der Waals surface area contributed by atoms with E-state index in [2.05, 4.69) is 76.2 Å². The highest BCUT2D eigenvalue weighted by molar-refractivity contribution is 4.88. The Balaban J connectivity index is 2.43. The second kappa shape index (κ2) is 20.0. The second-order valence-electron chi connectivity index (χ2n) is 15.0. The quantitative estimate of drug-likeness (QED) is 0.115. The van der Waals surface area contributed by atoms with Gasteiger partial charge >= 0.3 is 0 Å². The van der Waals surface area contributed by atoms with Gasteiger partial charge in [-0.2, -0.15) is 0 Å². The van der Waals surface area contributed by atoms with Gasteiger partial charge in [0.2, 0.25) is 0 Å². The highest BCUT2D eigenvalue weighted by atomic mass is 14.4. The molecule has 0 aromatic heterocycles. The van der Waals surface area contributed by atoms with Crippen LogP contribution in [0.4, 0.5) is 0 Å². The first-order chi connectivity index (χ1) is 18.1. The molecule has 10 unspecified atom stereocenters. The molecule has 10 atom stereocenters. The van der Waals surface area contributed by atoms with Crippen molar-refractivity contribution in [1.82, 2.24) is 0 Å². The molecule has 38 heavy (non-hydrogen) atoms. The van der Waals surface area contributed by atoms with Gasteiger partial charge in [-0.05, 0) is 90.8 Å². The van der Waals surface area contributed by atoms with Gasteiger partial charge < -0.3 is 0 Å². The van der Waals surface area contributed by atoms with Crippen molar-refractivity contribution in [3.8, 4) is 0 Å². The van der Waals surface area contributed by atoms with Crippen LogP contribution >= 0.6 is 0 Å². The maximum atomic E-state index is 2.59. The largest absolute Gasteiger partial charge is 0.0654 e. The normalized spacial score (nSPS) is 25.4. The fourth-order valence-corrected chi connectivity index (χ4v) is 8.50. The lowest BCUT2D eigenvalue weighted by Gasteiger charge is -2.46. The first-order valence-corrected chi connectivity index (χ1v) is 18.1. The van der Waals surface area contributed by atoms with E-state index < -0.39 is 0 Å². The van der Waals surface area contributed by atoms with Crippen LogP contribution in [0.5, 0.6) is 0 Å². The zero-order valence-electron chi connectivity index (χ0n) is 28.7. The van der Waals surface area contributed by atoms with Gasteiger partial charge in [-0.1, -0.05) is 153 Å². The van der Waals surface area contributed by atoms with Gasteiger partial charge in [0.05, 0.1) is 0 Å². The summed E-state index contributed by atoms with van der Waals surface area (Å²) < 4.78 is 0. The van der Waals surface area contributed by atoms with E-state index in [1.54, 1.807) is 0 Å². The zero-order chi connectivity index (χ0) is 28.7. The van der Waals surface area contributed by atoms with Gasteiger partial charge in [-0.15, -0.1) is 0 Å². The lowest BCUT2D eigenvalue weighted by atomic mass is 9.60. The van der Waals surface area contributed by atoms with Crippen LogP contribution in [0.25, 0.3) is 0 Å². The number of unbranched alkanes of at least 4 members (excludes halogenated alkanes) is 2. The third kappa shape index (κ3) is 12.2. The van der Waals surface area contributed by atoms with E-state index in [4.69, 9.17) is 0 Å². The summed E-state index contributed by atoms with van der Waals surface area (Å²) in [7, 11) is 0. The van der Waals surface area contributed by atoms with Gasteiger partial charge in [0.15, 0.2) is 0 Å². The van der Waals surface area contributed by atoms with E-state index in [1.165, 1.54) is 103 Å². The molecule has 0 radical (unpaired) electrons. The van der Waals surface area contributed by atoms with Gasteiger partial charge in [0, 0.05) is 0 Å². The van der Waals surface area contributed by atoms with Crippen molar-refractivity contribution in [3.05, 3.63) is 0 Å². The van der Waals surface area contributed by atoms with E-state index in [9.17, 15) is 0 Å². The molecule has 0 saturated heterocycles. The summed E-state index contributed by atoms with van der Waals surface area (Å²) in [6.07, 6.45) is 23.1. The Labute approximate surface area is 243 Å². The van der Waals surface area contributed by atoms with Crippen LogP contribution in [0.2, 0.25) is 0 Å². The third-order valence-electron chi connectivity index (χ3n) is 12.2. The summed E-state index contributed by atoms with van der Waals surface area (Å²) in [6, 6.07) is 0. The molecule has 0 heterocycles. The lowest BCUT2D eigenvalue weighted by Crippen LogP contribution is -2.37. The van der Waals surface area contributed by atoms with Gasteiger partial charge in [0.25, 0.3) is 0 Å². The summed E-state index contributed by atoms with van der Waals surface area (Å²) in [4.78, 5) is 0. The zero-order valence-corrected chi connectivity index (χ0v) is 28.7. The molecule has 0 amide bonds. The monoisotopic (exact) mass is 533 g/mol. The molecule has 0 aromatic rings. The van der Waals surface area contributed by atoms with Crippen LogP contribution in [-0.4, -0.2) is 0 Å². The van der Waals surface area contributed by atoms with Crippen molar-refractivity contribution in [1.29, 1.82) is 0 Å². The molecule has 0 heteroatoms. The van der Waals surface area contributed by atoms with Crippen molar-refractivity contribution in [2.45, 2.75) is 179 Å². The van der Waals surface area contributed by atoms with E-state index in [1.807, 2.05) is 0 Å². The van der Waals surface area contributed by atoms with Gasteiger partial charge in [-0.3, -0.25) is 0 Å². The Morgan fingerprint density at radius 2 is 1.16 bits per heavy atom. The van der Waals surface area contributed by atoms with Crippen LogP contribution in [-0.2, 0) is 0 Å². The van der Waals surface area contributed by atoms with Crippen LogP contribution in [0.3, 0.4) is 0 Å². The van der Waals surface area contributed by atoms with Crippen molar-refractivity contribution >= 4 is 0 Å². The molecule has 228 valence electrons. The fourth-order valence-electron chi connectivity index (χ4n) is 8.50. The number of hydrogen-bond acceptors (Lipinski definition) is 0. The van der Waals surface area contributed by atoms with Crippen LogP contribution in [0.1, 0.15) is 179 Å². The minimum absolute atomic E-state index is 0.839. The molecule has 0 bridgehead atoms. The summed E-state index contributed by atoms with van der Waals surface area (Å²) in [5, 5.41) is 0. The highest BCUT2D eigenvalue weighted by Crippen LogP contribution is 2.48. The molecule has 1 aliphatic rings. The van der Waals surface area contributed by atoms with Crippen LogP contribution in [0.15, 0.2) is 0 Å². The topological polar surface area (TPSA) is 0 Å². The minimum atomic E-state index is 0.839. The standard InChI is InChI=1S/C38H76/c1-12-17-18-22-38-32(11)25-37(38)27-35(15-4)31(10)24-23-30(9)29(8)20-19-21-33(13-2)36(16-5)26-34(14-3)28(6)7/h28-38H,12-27H2,1-11H3. The SMILES string of the molecule is CCCCCC1C(C)CC1CC(CC)C(C)CCC(C)C(C)CCCC(CC)C(CC)CC(CC)C(C)C. The van der Waals surface area contributed by atoms with E-state index >= 15 is 0 Å². The molecular formula is C38H76. The highest BCUT2D eigenvalue weighted by Gasteiger charge is 2.38. The van der Waals surface area contributed by atoms with E-state index in [-0.39, 0.29) is 0 Å². The second-order valence-corrected chi connectivity index (χ2v) is 15.0. The van der Waals surface area contributed by atoms with Crippen molar-refractivity contribution in [3.63, 3.8) is 0 Å². The molecule has 0 nitrogen and oxygen atoms in total. The third-order valence-corrected chi connectivity index (χ3v) is 12.2. The first kappa shape index (κ1) is 36.0. The molecule has 1 rings (SSSR count). The predicted octanol–water partition coefficient (Wildman–Crippen LogP) is 13.2. The maximum absolute atomic E-state index is 2.59. The summed E-state index contributed by atoms with van der Waals surface area (Å²) in [6.45, 7) is 27.3. The number of hydrogen-bond donors (Lipinski definition) is 0. The summed E-state index contributed by atoms with van der Waals surface area (Å²) in [5.74, 6) is 10.3. The predicted molar refractivity (Wildman–Crippen MR) is 175 cm³/mol. The summed E-state index contributed by atoms with van der Waals surface area (Å²) >= 11 is 0. The Morgan fingerprint density at radius 3 is 1.68 bits per heavy atom. The molecule has 0 aliphatic heterocycles. The Morgan fingerprint density at radius 1 is 0.579 bits per heavy atom. The van der Waals surface area contributed by atoms with E-state index in [0.717, 1.165) is 65.1 Å². The molecule has 1 aliphatic carbocycles. The van der Waals surface area contributed by atoms with E-state index in [0.29, 0.717) is 0 Å². The molecule has 1 fully saturated rings. The maximum Gasteiger partial charge on any atom is -0.0360 e. The van der Waals surface area contributed by atoms with Crippen molar-refractivity contribution in [2.75, 3.05) is 0 Å². The van der Waals surface area contributed by atoms with Crippen LogP contribution < -0.4 is 0 Å². The van der Waals surface area contributed by atoms with Crippen LogP contribution in [0, 0.1) is 65.1 Å². The average Bonchev–Trinajstić information content (AvgIpc) is 2.90. The molecule has 0 N–H and O–H groups in total.